The lowest BCUT2D eigenvalue weighted by molar-refractivity contribution is -0.136. The zero-order valence-corrected chi connectivity index (χ0v) is 23.1. The quantitative estimate of drug-likeness (QED) is 0.362. The second-order valence-corrected chi connectivity index (χ2v) is 14.0. The SMILES string of the molecule is CN(C)C(=O)CCS(=O)(=O)C(c1cccc(C=Cc2ccc3ccc(Cl)cc3n2)c1)S(=O)(=O)CCC(=O)O. The maximum atomic E-state index is 13.3. The number of hydrogen-bond acceptors (Lipinski definition) is 7. The highest BCUT2D eigenvalue weighted by atomic mass is 35.5. The van der Waals surface area contributed by atoms with Crippen LogP contribution in [-0.4, -0.2) is 69.3 Å². The molecule has 1 atom stereocenters. The number of hydrogen-bond donors (Lipinski definition) is 1. The molecule has 0 fully saturated rings. The molecule has 202 valence electrons. The predicted molar refractivity (Wildman–Crippen MR) is 148 cm³/mol. The summed E-state index contributed by atoms with van der Waals surface area (Å²) in [5.41, 5.74) is 1.77. The van der Waals surface area contributed by atoms with Crippen LogP contribution in [0.15, 0.2) is 54.6 Å². The molecule has 12 heteroatoms. The second-order valence-electron chi connectivity index (χ2n) is 8.82. The third kappa shape index (κ3) is 7.62. The van der Waals surface area contributed by atoms with Crippen molar-refractivity contribution in [1.29, 1.82) is 0 Å². The number of aromatic nitrogens is 1. The van der Waals surface area contributed by atoms with E-state index in [1.807, 2.05) is 12.1 Å². The van der Waals surface area contributed by atoms with E-state index in [9.17, 15) is 26.4 Å². The number of rotatable bonds is 11. The molecule has 3 rings (SSSR count). The zero-order chi connectivity index (χ0) is 28.1. The predicted octanol–water partition coefficient (Wildman–Crippen LogP) is 3.84. The number of carbonyl (C=O) groups is 2. The Morgan fingerprint density at radius 3 is 2.26 bits per heavy atom. The van der Waals surface area contributed by atoms with Gasteiger partial charge >= 0.3 is 5.97 Å². The Balaban J connectivity index is 1.97. The number of halogens is 1. The summed E-state index contributed by atoms with van der Waals surface area (Å²) < 4.78 is 50.8. The van der Waals surface area contributed by atoms with Crippen molar-refractivity contribution in [3.05, 3.63) is 76.4 Å². The molecule has 0 saturated heterocycles. The molecular weight excluding hydrogens is 552 g/mol. The van der Waals surface area contributed by atoms with Crippen molar-refractivity contribution in [3.8, 4) is 0 Å². The van der Waals surface area contributed by atoms with Gasteiger partial charge in [0, 0.05) is 30.9 Å². The van der Waals surface area contributed by atoms with Crippen LogP contribution in [0.1, 0.15) is 34.2 Å². The van der Waals surface area contributed by atoms with Gasteiger partial charge in [-0.15, -0.1) is 0 Å². The first-order valence-corrected chi connectivity index (χ1v) is 15.3. The lowest BCUT2D eigenvalue weighted by Crippen LogP contribution is -2.30. The lowest BCUT2D eigenvalue weighted by atomic mass is 10.1. The zero-order valence-electron chi connectivity index (χ0n) is 20.7. The fraction of sp³-hybridized carbons (Fsp3) is 0.269. The topological polar surface area (TPSA) is 139 Å². The van der Waals surface area contributed by atoms with Crippen LogP contribution in [0.4, 0.5) is 0 Å². The van der Waals surface area contributed by atoms with E-state index in [4.69, 9.17) is 16.7 Å². The number of carbonyl (C=O) groups excluding carboxylic acids is 1. The van der Waals surface area contributed by atoms with Gasteiger partial charge in [-0.2, -0.15) is 0 Å². The van der Waals surface area contributed by atoms with E-state index in [0.717, 1.165) is 5.39 Å². The third-order valence-corrected chi connectivity index (χ3v) is 11.0. The Bertz CT molecular complexity index is 1600. The lowest BCUT2D eigenvalue weighted by Gasteiger charge is -2.19. The number of pyridine rings is 1. The second kappa shape index (κ2) is 12.1. The molecule has 38 heavy (non-hydrogen) atoms. The summed E-state index contributed by atoms with van der Waals surface area (Å²) in [4.78, 5) is 28.8. The van der Waals surface area contributed by atoms with E-state index in [-0.39, 0.29) is 5.56 Å². The molecule has 1 heterocycles. The number of carboxylic acids is 1. The minimum atomic E-state index is -4.45. The van der Waals surface area contributed by atoms with Gasteiger partial charge in [-0.1, -0.05) is 48.0 Å². The van der Waals surface area contributed by atoms with E-state index in [1.165, 1.54) is 37.2 Å². The summed E-state index contributed by atoms with van der Waals surface area (Å²) in [5.74, 6) is -3.41. The highest BCUT2D eigenvalue weighted by Gasteiger charge is 2.39. The molecule has 3 aromatic rings. The summed E-state index contributed by atoms with van der Waals surface area (Å²) in [5, 5.41) is 10.4. The average molecular weight is 579 g/mol. The summed E-state index contributed by atoms with van der Waals surface area (Å²) in [6.45, 7) is 0. The first-order chi connectivity index (χ1) is 17.8. The summed E-state index contributed by atoms with van der Waals surface area (Å²) in [6, 6.07) is 15.0. The summed E-state index contributed by atoms with van der Waals surface area (Å²) >= 11 is 6.05. The van der Waals surface area contributed by atoms with Crippen molar-refractivity contribution in [2.75, 3.05) is 25.6 Å². The Labute approximate surface area is 226 Å². The van der Waals surface area contributed by atoms with E-state index in [0.29, 0.717) is 21.8 Å². The van der Waals surface area contributed by atoms with Crippen LogP contribution < -0.4 is 0 Å². The van der Waals surface area contributed by atoms with Gasteiger partial charge in [0.25, 0.3) is 0 Å². The monoisotopic (exact) mass is 578 g/mol. The van der Waals surface area contributed by atoms with Crippen molar-refractivity contribution < 1.29 is 31.5 Å². The molecule has 0 aliphatic rings. The van der Waals surface area contributed by atoms with Crippen molar-refractivity contribution in [2.45, 2.75) is 17.4 Å². The van der Waals surface area contributed by atoms with E-state index < -0.39 is 60.5 Å². The molecule has 0 spiro atoms. The van der Waals surface area contributed by atoms with Crippen LogP contribution in [0, 0.1) is 0 Å². The van der Waals surface area contributed by atoms with Gasteiger partial charge in [0.15, 0.2) is 24.3 Å². The highest BCUT2D eigenvalue weighted by Crippen LogP contribution is 2.32. The van der Waals surface area contributed by atoms with Crippen LogP contribution in [0.25, 0.3) is 23.1 Å². The van der Waals surface area contributed by atoms with E-state index in [2.05, 4.69) is 4.98 Å². The molecule has 0 bridgehead atoms. The van der Waals surface area contributed by atoms with Crippen LogP contribution in [0.2, 0.25) is 5.02 Å². The van der Waals surface area contributed by atoms with Crippen LogP contribution in [-0.2, 0) is 29.3 Å². The van der Waals surface area contributed by atoms with Crippen LogP contribution in [0.3, 0.4) is 0 Å². The number of amides is 1. The van der Waals surface area contributed by atoms with Crippen molar-refractivity contribution >= 4 is 66.2 Å². The van der Waals surface area contributed by atoms with Gasteiger partial charge in [0.2, 0.25) is 5.91 Å². The minimum Gasteiger partial charge on any atom is -0.481 e. The van der Waals surface area contributed by atoms with Gasteiger partial charge in [0.1, 0.15) is 0 Å². The first-order valence-electron chi connectivity index (χ1n) is 11.5. The van der Waals surface area contributed by atoms with Gasteiger partial charge in [0.05, 0.1) is 29.1 Å². The normalized spacial score (nSPS) is 13.0. The van der Waals surface area contributed by atoms with Crippen molar-refractivity contribution in [2.24, 2.45) is 0 Å². The fourth-order valence-electron chi connectivity index (χ4n) is 3.72. The first kappa shape index (κ1) is 29.3. The molecule has 0 aliphatic heterocycles. The maximum absolute atomic E-state index is 13.3. The Hall–Kier alpha value is -3.28. The summed E-state index contributed by atoms with van der Waals surface area (Å²) in [7, 11) is -5.92. The fourth-order valence-corrected chi connectivity index (χ4v) is 8.72. The van der Waals surface area contributed by atoms with Gasteiger partial charge in [-0.3, -0.25) is 9.59 Å². The van der Waals surface area contributed by atoms with Crippen molar-refractivity contribution in [1.82, 2.24) is 9.88 Å². The molecule has 0 aliphatic carbocycles. The minimum absolute atomic E-state index is 0.0342. The van der Waals surface area contributed by atoms with E-state index >= 15 is 0 Å². The number of aliphatic carboxylic acids is 1. The van der Waals surface area contributed by atoms with Crippen LogP contribution in [0.5, 0.6) is 0 Å². The van der Waals surface area contributed by atoms with Gasteiger partial charge < -0.3 is 10.0 Å². The van der Waals surface area contributed by atoms with Gasteiger partial charge in [-0.25, -0.2) is 21.8 Å². The van der Waals surface area contributed by atoms with E-state index in [1.54, 1.807) is 36.4 Å². The number of sulfone groups is 2. The number of carboxylic acid groups (broad SMARTS) is 1. The molecule has 9 nitrogen and oxygen atoms in total. The maximum Gasteiger partial charge on any atom is 0.304 e. The Morgan fingerprint density at radius 2 is 1.61 bits per heavy atom. The third-order valence-electron chi connectivity index (χ3n) is 5.66. The number of benzene rings is 2. The molecule has 0 saturated carbocycles. The number of nitrogens with zero attached hydrogens (tertiary/aromatic N) is 2. The molecule has 0 radical (unpaired) electrons. The molecular formula is C26H27ClN2O7S2. The summed E-state index contributed by atoms with van der Waals surface area (Å²) in [6.07, 6.45) is 2.20. The molecule has 1 N–H and O–H groups in total. The molecule has 1 amide bonds. The molecule has 1 unspecified atom stereocenters. The molecule has 1 aromatic heterocycles. The highest BCUT2D eigenvalue weighted by molar-refractivity contribution is 8.08. The van der Waals surface area contributed by atoms with Crippen molar-refractivity contribution in [3.63, 3.8) is 0 Å². The number of fused-ring (bicyclic) bond motifs is 1. The van der Waals surface area contributed by atoms with Crippen LogP contribution >= 0.6 is 11.6 Å². The smallest absolute Gasteiger partial charge is 0.304 e. The average Bonchev–Trinajstić information content (AvgIpc) is 2.84. The molecule has 2 aromatic carbocycles. The largest absolute Gasteiger partial charge is 0.481 e. The Kier molecular flexibility index (Phi) is 9.29. The standard InChI is InChI=1S/C26H27ClN2O7S2/c1-29(2)24(30)12-14-37(33,34)26(38(35,36)15-13-25(31)32)20-5-3-4-18(16-20)6-10-22-11-8-19-7-9-21(27)17-23(19)28-22/h3-11,16-17,26H,12-15H2,1-2H3,(H,31,32). The van der Waals surface area contributed by atoms with Gasteiger partial charge in [-0.05, 0) is 41.5 Å². The Morgan fingerprint density at radius 1 is 0.947 bits per heavy atom.